The molecule has 0 spiro atoms. The molecule has 26 heavy (non-hydrogen) atoms. The molecule has 0 bridgehead atoms. The van der Waals surface area contributed by atoms with Gasteiger partial charge in [0.2, 0.25) is 11.8 Å². The standard InChI is InChI=1S/C21H21ClN2O2/c1-14-12-15(2)21(18(22)13-14)23-19(25)10-7-16-5-8-17(9-6-16)24-11-3-4-20(24)26/h5-10,12-13H,3-4,11H2,1-2H3,(H,23,25)/b10-7+. The van der Waals surface area contributed by atoms with Gasteiger partial charge in [-0.05, 0) is 61.2 Å². The maximum Gasteiger partial charge on any atom is 0.248 e. The minimum absolute atomic E-state index is 0.165. The van der Waals surface area contributed by atoms with Gasteiger partial charge in [-0.1, -0.05) is 29.8 Å². The molecule has 2 aromatic carbocycles. The molecule has 0 saturated carbocycles. The number of rotatable bonds is 4. The van der Waals surface area contributed by atoms with E-state index >= 15 is 0 Å². The van der Waals surface area contributed by atoms with Gasteiger partial charge in [0.25, 0.3) is 0 Å². The normalized spacial score (nSPS) is 14.3. The third kappa shape index (κ3) is 4.14. The molecule has 1 saturated heterocycles. The highest BCUT2D eigenvalue weighted by molar-refractivity contribution is 6.34. The highest BCUT2D eigenvalue weighted by atomic mass is 35.5. The van der Waals surface area contributed by atoms with E-state index in [9.17, 15) is 9.59 Å². The van der Waals surface area contributed by atoms with Crippen molar-refractivity contribution in [1.82, 2.24) is 0 Å². The molecule has 0 radical (unpaired) electrons. The summed E-state index contributed by atoms with van der Waals surface area (Å²) >= 11 is 6.22. The van der Waals surface area contributed by atoms with E-state index in [-0.39, 0.29) is 11.8 Å². The van der Waals surface area contributed by atoms with Crippen molar-refractivity contribution in [1.29, 1.82) is 0 Å². The summed E-state index contributed by atoms with van der Waals surface area (Å²) in [6.45, 7) is 4.65. The first kappa shape index (κ1) is 18.2. The lowest BCUT2D eigenvalue weighted by Crippen LogP contribution is -2.23. The molecule has 0 atom stereocenters. The van der Waals surface area contributed by atoms with Crippen molar-refractivity contribution in [2.45, 2.75) is 26.7 Å². The van der Waals surface area contributed by atoms with E-state index in [1.54, 1.807) is 11.0 Å². The van der Waals surface area contributed by atoms with Crippen LogP contribution < -0.4 is 10.2 Å². The topological polar surface area (TPSA) is 49.4 Å². The van der Waals surface area contributed by atoms with Crippen molar-refractivity contribution in [3.05, 3.63) is 64.2 Å². The molecule has 1 N–H and O–H groups in total. The van der Waals surface area contributed by atoms with Crippen molar-refractivity contribution in [3.8, 4) is 0 Å². The maximum atomic E-state index is 12.2. The lowest BCUT2D eigenvalue weighted by atomic mass is 10.1. The molecule has 1 heterocycles. The number of hydrogen-bond acceptors (Lipinski definition) is 2. The summed E-state index contributed by atoms with van der Waals surface area (Å²) in [5, 5.41) is 3.36. The number of carbonyl (C=O) groups is 2. The van der Waals surface area contributed by atoms with Crippen LogP contribution in [-0.4, -0.2) is 18.4 Å². The Bertz CT molecular complexity index is 849. The molecule has 4 nitrogen and oxygen atoms in total. The van der Waals surface area contributed by atoms with Gasteiger partial charge in [0.05, 0.1) is 10.7 Å². The van der Waals surface area contributed by atoms with E-state index in [0.29, 0.717) is 17.1 Å². The molecule has 1 fully saturated rings. The van der Waals surface area contributed by atoms with Crippen LogP contribution in [0.2, 0.25) is 5.02 Å². The fourth-order valence-corrected chi connectivity index (χ4v) is 3.47. The Kier molecular flexibility index (Phi) is 5.43. The van der Waals surface area contributed by atoms with E-state index in [1.807, 2.05) is 50.2 Å². The summed E-state index contributed by atoms with van der Waals surface area (Å²) in [6.07, 6.45) is 4.73. The zero-order valence-corrected chi connectivity index (χ0v) is 15.6. The van der Waals surface area contributed by atoms with Gasteiger partial charge in [0.15, 0.2) is 0 Å². The Labute approximate surface area is 158 Å². The van der Waals surface area contributed by atoms with Crippen LogP contribution in [0.4, 0.5) is 11.4 Å². The van der Waals surface area contributed by atoms with Crippen LogP contribution in [0, 0.1) is 13.8 Å². The molecule has 1 aliphatic rings. The smallest absolute Gasteiger partial charge is 0.248 e. The second-order valence-electron chi connectivity index (χ2n) is 6.50. The molecule has 2 amide bonds. The number of benzene rings is 2. The van der Waals surface area contributed by atoms with Crippen molar-refractivity contribution < 1.29 is 9.59 Å². The van der Waals surface area contributed by atoms with Gasteiger partial charge >= 0.3 is 0 Å². The molecule has 0 aromatic heterocycles. The Balaban J connectivity index is 1.66. The Morgan fingerprint density at radius 3 is 2.54 bits per heavy atom. The molecular weight excluding hydrogens is 348 g/mol. The Morgan fingerprint density at radius 2 is 1.92 bits per heavy atom. The van der Waals surface area contributed by atoms with Crippen molar-refractivity contribution in [3.63, 3.8) is 0 Å². The lowest BCUT2D eigenvalue weighted by molar-refractivity contribution is -0.117. The van der Waals surface area contributed by atoms with Crippen LogP contribution in [0.25, 0.3) is 6.08 Å². The summed E-state index contributed by atoms with van der Waals surface area (Å²) < 4.78 is 0. The minimum Gasteiger partial charge on any atom is -0.321 e. The van der Waals surface area contributed by atoms with Gasteiger partial charge in [0, 0.05) is 24.7 Å². The van der Waals surface area contributed by atoms with Crippen molar-refractivity contribution >= 4 is 40.9 Å². The summed E-state index contributed by atoms with van der Waals surface area (Å²) in [5.74, 6) is -0.0735. The van der Waals surface area contributed by atoms with Crippen LogP contribution >= 0.6 is 11.6 Å². The number of nitrogens with zero attached hydrogens (tertiary/aromatic N) is 1. The molecule has 5 heteroatoms. The van der Waals surface area contributed by atoms with Crippen LogP contribution in [0.1, 0.15) is 29.5 Å². The Hall–Kier alpha value is -2.59. The Morgan fingerprint density at radius 1 is 1.19 bits per heavy atom. The average molecular weight is 369 g/mol. The maximum absolute atomic E-state index is 12.2. The van der Waals surface area contributed by atoms with Gasteiger partial charge in [0.1, 0.15) is 0 Å². The quantitative estimate of drug-likeness (QED) is 0.793. The second kappa shape index (κ2) is 7.75. The average Bonchev–Trinajstić information content (AvgIpc) is 3.03. The van der Waals surface area contributed by atoms with Gasteiger partial charge in [-0.25, -0.2) is 0 Å². The summed E-state index contributed by atoms with van der Waals surface area (Å²) in [5.41, 5.74) is 4.40. The van der Waals surface area contributed by atoms with Gasteiger partial charge in [-0.2, -0.15) is 0 Å². The predicted octanol–water partition coefficient (Wildman–Crippen LogP) is 4.74. The van der Waals surface area contributed by atoms with Crippen molar-refractivity contribution in [2.24, 2.45) is 0 Å². The minimum atomic E-state index is -0.238. The molecule has 1 aliphatic heterocycles. The third-order valence-electron chi connectivity index (χ3n) is 4.39. The van der Waals surface area contributed by atoms with E-state index in [1.165, 1.54) is 6.08 Å². The first-order chi connectivity index (χ1) is 12.4. The van der Waals surface area contributed by atoms with Gasteiger partial charge in [-0.3, -0.25) is 9.59 Å². The van der Waals surface area contributed by atoms with E-state index in [4.69, 9.17) is 11.6 Å². The van der Waals surface area contributed by atoms with E-state index < -0.39 is 0 Å². The number of carbonyl (C=O) groups excluding carboxylic acids is 2. The van der Waals surface area contributed by atoms with Gasteiger partial charge < -0.3 is 10.2 Å². The number of nitrogens with one attached hydrogen (secondary N) is 1. The molecule has 0 unspecified atom stereocenters. The lowest BCUT2D eigenvalue weighted by Gasteiger charge is -2.15. The molecule has 3 rings (SSSR count). The van der Waals surface area contributed by atoms with Crippen molar-refractivity contribution in [2.75, 3.05) is 16.8 Å². The number of hydrogen-bond donors (Lipinski definition) is 1. The first-order valence-corrected chi connectivity index (χ1v) is 8.98. The van der Waals surface area contributed by atoms with E-state index in [2.05, 4.69) is 5.32 Å². The second-order valence-corrected chi connectivity index (χ2v) is 6.91. The highest BCUT2D eigenvalue weighted by Crippen LogP contribution is 2.27. The third-order valence-corrected chi connectivity index (χ3v) is 4.68. The van der Waals surface area contributed by atoms with Crippen LogP contribution in [-0.2, 0) is 9.59 Å². The van der Waals surface area contributed by atoms with Gasteiger partial charge in [-0.15, -0.1) is 0 Å². The number of amides is 2. The summed E-state index contributed by atoms with van der Waals surface area (Å²) in [7, 11) is 0. The number of aryl methyl sites for hydroxylation is 2. The number of halogens is 1. The van der Waals surface area contributed by atoms with E-state index in [0.717, 1.165) is 35.3 Å². The van der Waals surface area contributed by atoms with Crippen LogP contribution in [0.5, 0.6) is 0 Å². The predicted molar refractivity (Wildman–Crippen MR) is 107 cm³/mol. The summed E-state index contributed by atoms with van der Waals surface area (Å²) in [4.78, 5) is 25.8. The molecule has 134 valence electrons. The zero-order chi connectivity index (χ0) is 18.7. The monoisotopic (exact) mass is 368 g/mol. The molecule has 0 aliphatic carbocycles. The first-order valence-electron chi connectivity index (χ1n) is 8.60. The zero-order valence-electron chi connectivity index (χ0n) is 14.9. The fraction of sp³-hybridized carbons (Fsp3) is 0.238. The fourth-order valence-electron chi connectivity index (χ4n) is 3.10. The summed E-state index contributed by atoms with van der Waals surface area (Å²) in [6, 6.07) is 11.4. The molecular formula is C21H21ClN2O2. The SMILES string of the molecule is Cc1cc(C)c(NC(=O)/C=C/c2ccc(N3CCCC3=O)cc2)c(Cl)c1. The largest absolute Gasteiger partial charge is 0.321 e. The van der Waals surface area contributed by atoms with Crippen LogP contribution in [0.15, 0.2) is 42.5 Å². The highest BCUT2D eigenvalue weighted by Gasteiger charge is 2.21. The van der Waals surface area contributed by atoms with Crippen LogP contribution in [0.3, 0.4) is 0 Å². The number of anilines is 2. The molecule has 2 aromatic rings.